The SMILES string of the molecule is CNC(=O)NCc1ncnn1-c1ccc(Cl)c(F)c1. The van der Waals surface area contributed by atoms with Gasteiger partial charge in [0.25, 0.3) is 0 Å². The van der Waals surface area contributed by atoms with E-state index >= 15 is 0 Å². The highest BCUT2D eigenvalue weighted by atomic mass is 35.5. The van der Waals surface area contributed by atoms with Crippen molar-refractivity contribution in [3.05, 3.63) is 41.2 Å². The molecule has 0 aliphatic carbocycles. The quantitative estimate of drug-likeness (QED) is 0.896. The van der Waals surface area contributed by atoms with Crippen molar-refractivity contribution >= 4 is 17.6 Å². The van der Waals surface area contributed by atoms with Gasteiger partial charge in [0.1, 0.15) is 12.1 Å². The Hall–Kier alpha value is -2.15. The first-order valence-corrected chi connectivity index (χ1v) is 5.79. The molecule has 1 heterocycles. The number of halogens is 2. The van der Waals surface area contributed by atoms with Crippen LogP contribution in [0.25, 0.3) is 5.69 Å². The van der Waals surface area contributed by atoms with E-state index in [2.05, 4.69) is 20.7 Å². The predicted octanol–water partition coefficient (Wildman–Crippen LogP) is 1.49. The number of carbonyl (C=O) groups excluding carboxylic acids is 1. The van der Waals surface area contributed by atoms with Gasteiger partial charge in [-0.2, -0.15) is 5.10 Å². The van der Waals surface area contributed by atoms with Gasteiger partial charge in [0.15, 0.2) is 5.82 Å². The van der Waals surface area contributed by atoms with Gasteiger partial charge in [-0.25, -0.2) is 18.9 Å². The highest BCUT2D eigenvalue weighted by Crippen LogP contribution is 2.18. The first kappa shape index (κ1) is 13.3. The lowest BCUT2D eigenvalue weighted by Crippen LogP contribution is -2.33. The van der Waals surface area contributed by atoms with E-state index in [1.807, 2.05) is 0 Å². The molecule has 0 bridgehead atoms. The zero-order valence-corrected chi connectivity index (χ0v) is 10.8. The lowest BCUT2D eigenvalue weighted by Gasteiger charge is -2.07. The minimum Gasteiger partial charge on any atom is -0.341 e. The standard InChI is InChI=1S/C11H11ClFN5O/c1-14-11(19)15-5-10-16-6-17-18(10)7-2-3-8(12)9(13)4-7/h2-4,6H,5H2,1H3,(H2,14,15,19). The van der Waals surface area contributed by atoms with E-state index < -0.39 is 5.82 Å². The summed E-state index contributed by atoms with van der Waals surface area (Å²) in [5, 5.41) is 9.02. The number of aromatic nitrogens is 3. The maximum absolute atomic E-state index is 13.4. The molecular formula is C11H11ClFN5O. The van der Waals surface area contributed by atoms with Crippen LogP contribution in [0.5, 0.6) is 0 Å². The van der Waals surface area contributed by atoms with Gasteiger partial charge in [0.2, 0.25) is 0 Å². The molecule has 0 atom stereocenters. The number of hydrogen-bond acceptors (Lipinski definition) is 3. The summed E-state index contributed by atoms with van der Waals surface area (Å²) in [4.78, 5) is 15.1. The maximum Gasteiger partial charge on any atom is 0.314 e. The Bertz CT molecular complexity index is 601. The number of carbonyl (C=O) groups is 1. The Kier molecular flexibility index (Phi) is 3.96. The number of benzene rings is 1. The smallest absolute Gasteiger partial charge is 0.314 e. The van der Waals surface area contributed by atoms with Crippen molar-refractivity contribution in [3.63, 3.8) is 0 Å². The fraction of sp³-hybridized carbons (Fsp3) is 0.182. The van der Waals surface area contributed by atoms with E-state index in [0.29, 0.717) is 11.5 Å². The topological polar surface area (TPSA) is 71.8 Å². The number of nitrogens with one attached hydrogen (secondary N) is 2. The second kappa shape index (κ2) is 5.66. The monoisotopic (exact) mass is 283 g/mol. The second-order valence-corrected chi connectivity index (χ2v) is 4.03. The molecule has 1 aromatic carbocycles. The van der Waals surface area contributed by atoms with Crippen LogP contribution in [0.3, 0.4) is 0 Å². The molecule has 2 aromatic rings. The minimum absolute atomic E-state index is 0.0360. The van der Waals surface area contributed by atoms with Gasteiger partial charge in [0, 0.05) is 13.1 Å². The molecule has 6 nitrogen and oxygen atoms in total. The number of amides is 2. The van der Waals surface area contributed by atoms with Gasteiger partial charge in [-0.1, -0.05) is 11.6 Å². The average molecular weight is 284 g/mol. The molecular weight excluding hydrogens is 273 g/mol. The largest absolute Gasteiger partial charge is 0.341 e. The number of hydrogen-bond donors (Lipinski definition) is 2. The van der Waals surface area contributed by atoms with Crippen molar-refractivity contribution < 1.29 is 9.18 Å². The van der Waals surface area contributed by atoms with Gasteiger partial charge in [-0.3, -0.25) is 0 Å². The molecule has 0 saturated carbocycles. The van der Waals surface area contributed by atoms with E-state index in [9.17, 15) is 9.18 Å². The molecule has 8 heteroatoms. The van der Waals surface area contributed by atoms with Gasteiger partial charge in [-0.05, 0) is 12.1 Å². The van der Waals surface area contributed by atoms with Crippen LogP contribution in [-0.4, -0.2) is 27.8 Å². The fourth-order valence-corrected chi connectivity index (χ4v) is 1.58. The third-order valence-electron chi connectivity index (χ3n) is 2.40. The summed E-state index contributed by atoms with van der Waals surface area (Å²) in [7, 11) is 1.51. The third-order valence-corrected chi connectivity index (χ3v) is 2.71. The molecule has 0 fully saturated rings. The Balaban J connectivity index is 2.23. The molecule has 0 spiro atoms. The molecule has 2 rings (SSSR count). The fourth-order valence-electron chi connectivity index (χ4n) is 1.47. The first-order valence-electron chi connectivity index (χ1n) is 5.41. The van der Waals surface area contributed by atoms with Crippen molar-refractivity contribution in [2.45, 2.75) is 6.54 Å². The van der Waals surface area contributed by atoms with Gasteiger partial charge < -0.3 is 10.6 Å². The summed E-state index contributed by atoms with van der Waals surface area (Å²) in [5.74, 6) is -0.0646. The molecule has 0 radical (unpaired) electrons. The Morgan fingerprint density at radius 3 is 3.00 bits per heavy atom. The van der Waals surface area contributed by atoms with Crippen LogP contribution < -0.4 is 10.6 Å². The van der Waals surface area contributed by atoms with E-state index in [1.54, 1.807) is 6.07 Å². The summed E-state index contributed by atoms with van der Waals surface area (Å²) in [6.07, 6.45) is 1.33. The van der Waals surface area contributed by atoms with Crippen LogP contribution in [0.15, 0.2) is 24.5 Å². The number of rotatable bonds is 3. The minimum atomic E-state index is -0.542. The van der Waals surface area contributed by atoms with Crippen LogP contribution in [0.4, 0.5) is 9.18 Å². The maximum atomic E-state index is 13.4. The molecule has 2 amide bonds. The van der Waals surface area contributed by atoms with Crippen molar-refractivity contribution in [2.24, 2.45) is 0 Å². The number of urea groups is 1. The van der Waals surface area contributed by atoms with E-state index in [1.165, 1.54) is 30.2 Å². The Morgan fingerprint density at radius 1 is 1.53 bits per heavy atom. The summed E-state index contributed by atoms with van der Waals surface area (Å²) >= 11 is 5.62. The lowest BCUT2D eigenvalue weighted by atomic mass is 10.3. The van der Waals surface area contributed by atoms with Crippen LogP contribution in [-0.2, 0) is 6.54 Å². The zero-order valence-electron chi connectivity index (χ0n) is 10.0. The summed E-state index contributed by atoms with van der Waals surface area (Å²) < 4.78 is 14.8. The van der Waals surface area contributed by atoms with Crippen LogP contribution in [0.2, 0.25) is 5.02 Å². The van der Waals surface area contributed by atoms with Gasteiger partial charge >= 0.3 is 6.03 Å². The molecule has 0 saturated heterocycles. The van der Waals surface area contributed by atoms with Gasteiger partial charge in [-0.15, -0.1) is 0 Å². The van der Waals surface area contributed by atoms with Crippen molar-refractivity contribution in [3.8, 4) is 5.69 Å². The van der Waals surface area contributed by atoms with E-state index in [4.69, 9.17) is 11.6 Å². The predicted molar refractivity (Wildman–Crippen MR) is 67.6 cm³/mol. The molecule has 1 aromatic heterocycles. The number of nitrogens with zero attached hydrogens (tertiary/aromatic N) is 3. The van der Waals surface area contributed by atoms with Crippen molar-refractivity contribution in [1.82, 2.24) is 25.4 Å². The molecule has 100 valence electrons. The summed E-state index contributed by atoms with van der Waals surface area (Å²) in [6, 6.07) is 3.96. The Labute approximate surface area is 113 Å². The average Bonchev–Trinajstić information content (AvgIpc) is 2.87. The third kappa shape index (κ3) is 3.00. The lowest BCUT2D eigenvalue weighted by molar-refractivity contribution is 0.242. The Morgan fingerprint density at radius 2 is 2.32 bits per heavy atom. The molecule has 0 aliphatic rings. The van der Waals surface area contributed by atoms with Gasteiger partial charge in [0.05, 0.1) is 17.3 Å². The molecule has 2 N–H and O–H groups in total. The second-order valence-electron chi connectivity index (χ2n) is 3.62. The van der Waals surface area contributed by atoms with E-state index in [0.717, 1.165) is 0 Å². The van der Waals surface area contributed by atoms with Crippen molar-refractivity contribution in [1.29, 1.82) is 0 Å². The van der Waals surface area contributed by atoms with Crippen LogP contribution in [0.1, 0.15) is 5.82 Å². The van der Waals surface area contributed by atoms with Crippen molar-refractivity contribution in [2.75, 3.05) is 7.05 Å². The zero-order chi connectivity index (χ0) is 13.8. The molecule has 0 unspecified atom stereocenters. The normalized spacial score (nSPS) is 10.3. The molecule has 19 heavy (non-hydrogen) atoms. The van der Waals surface area contributed by atoms with Crippen LogP contribution in [0, 0.1) is 5.82 Å². The highest BCUT2D eigenvalue weighted by molar-refractivity contribution is 6.30. The molecule has 0 aliphatic heterocycles. The summed E-state index contributed by atoms with van der Waals surface area (Å²) in [6.45, 7) is 0.171. The first-order chi connectivity index (χ1) is 9.11. The van der Waals surface area contributed by atoms with E-state index in [-0.39, 0.29) is 17.6 Å². The summed E-state index contributed by atoms with van der Waals surface area (Å²) in [5.41, 5.74) is 0.480. The van der Waals surface area contributed by atoms with Crippen LogP contribution >= 0.6 is 11.6 Å². The highest BCUT2D eigenvalue weighted by Gasteiger charge is 2.09.